The summed E-state index contributed by atoms with van der Waals surface area (Å²) in [5.74, 6) is 0.659. The van der Waals surface area contributed by atoms with Gasteiger partial charge in [-0.25, -0.2) is 0 Å². The molecule has 0 unspecified atom stereocenters. The number of benzene rings is 1. The normalized spacial score (nSPS) is 12.5. The van der Waals surface area contributed by atoms with E-state index < -0.39 is 0 Å². The average Bonchev–Trinajstić information content (AvgIpc) is 2.16. The van der Waals surface area contributed by atoms with Crippen LogP contribution in [-0.4, -0.2) is 24.0 Å². The molecule has 1 aromatic carbocycles. The zero-order valence-corrected chi connectivity index (χ0v) is 14.5. The van der Waals surface area contributed by atoms with Crippen LogP contribution in [0.25, 0.3) is 0 Å². The van der Waals surface area contributed by atoms with E-state index in [0.29, 0.717) is 5.92 Å². The fourth-order valence-corrected chi connectivity index (χ4v) is 1.70. The van der Waals surface area contributed by atoms with Gasteiger partial charge in [-0.05, 0) is 44.8 Å². The molecule has 1 aliphatic rings. The number of hydrogen-bond donors (Lipinski definition) is 0. The van der Waals surface area contributed by atoms with Gasteiger partial charge in [0, 0.05) is 38.8 Å². The zero-order valence-electron chi connectivity index (χ0n) is 11.7. The predicted molar refractivity (Wildman–Crippen MR) is 92.1 cm³/mol. The van der Waals surface area contributed by atoms with Crippen molar-refractivity contribution in [1.82, 2.24) is 4.90 Å². The van der Waals surface area contributed by atoms with E-state index in [0.717, 1.165) is 6.04 Å². The van der Waals surface area contributed by atoms with Crippen molar-refractivity contribution in [3.63, 3.8) is 0 Å². The zero-order chi connectivity index (χ0) is 12.0. The predicted octanol–water partition coefficient (Wildman–Crippen LogP) is 5.82. The van der Waals surface area contributed by atoms with Gasteiger partial charge in [-0.3, -0.25) is 0 Å². The monoisotopic (exact) mass is 356 g/mol. The van der Waals surface area contributed by atoms with Crippen LogP contribution in [0, 0.1) is 0 Å². The molecule has 0 saturated carbocycles. The molecule has 0 amide bonds. The van der Waals surface area contributed by atoms with Gasteiger partial charge in [-0.1, -0.05) is 66.5 Å². The van der Waals surface area contributed by atoms with Crippen LogP contribution >= 0.6 is 0 Å². The van der Waals surface area contributed by atoms with E-state index in [1.165, 1.54) is 25.1 Å². The fraction of sp³-hybridized carbons (Fsp3) is 0.667. The Hall–Kier alpha value is 0.284. The summed E-state index contributed by atoms with van der Waals surface area (Å²) in [6.07, 6.45) is 1.41. The minimum Gasteiger partial charge on any atom is -0.301 e. The first-order valence-electron chi connectivity index (χ1n) is 6.40. The summed E-state index contributed by atoms with van der Waals surface area (Å²) in [6.45, 7) is 11.6. The number of rotatable bonds is 2. The summed E-state index contributed by atoms with van der Waals surface area (Å²) in [5.41, 5.74) is 1.41. The summed E-state index contributed by atoms with van der Waals surface area (Å²) >= 11 is 0. The standard InChI is InChI=1S/C9H12.C6H13N.3CH4.Y/c1-8(2)9-6-4-3-5-7-9;1-6(2)7-4-3-5-7;;;;/h3-8H,1-2H3;6H,3-5H2,1-2H3;3*1H4;. The van der Waals surface area contributed by atoms with Crippen LogP contribution in [0.1, 0.15) is 67.9 Å². The molecule has 1 aromatic rings. The molecule has 0 bridgehead atoms. The molecule has 0 N–H and O–H groups in total. The third-order valence-electron chi connectivity index (χ3n) is 3.09. The second-order valence-corrected chi connectivity index (χ2v) is 5.05. The van der Waals surface area contributed by atoms with Crippen LogP contribution in [0.3, 0.4) is 0 Å². The van der Waals surface area contributed by atoms with Crippen molar-refractivity contribution < 1.29 is 32.7 Å². The Labute approximate surface area is 154 Å². The Morgan fingerprint density at radius 1 is 0.850 bits per heavy atom. The van der Waals surface area contributed by atoms with Gasteiger partial charge in [0.2, 0.25) is 0 Å². The van der Waals surface area contributed by atoms with E-state index in [1.807, 2.05) is 6.07 Å². The van der Waals surface area contributed by atoms with E-state index in [9.17, 15) is 0 Å². The molecule has 1 radical (unpaired) electrons. The van der Waals surface area contributed by atoms with Crippen LogP contribution in [0.4, 0.5) is 0 Å². The van der Waals surface area contributed by atoms with Gasteiger partial charge in [-0.2, -0.15) is 0 Å². The Morgan fingerprint density at radius 3 is 1.45 bits per heavy atom. The van der Waals surface area contributed by atoms with E-state index in [-0.39, 0.29) is 55.0 Å². The summed E-state index contributed by atoms with van der Waals surface area (Å²) in [5, 5.41) is 0. The van der Waals surface area contributed by atoms with Crippen LogP contribution in [0.2, 0.25) is 0 Å². The maximum absolute atomic E-state index is 2.47. The van der Waals surface area contributed by atoms with Gasteiger partial charge in [0.05, 0.1) is 0 Å². The van der Waals surface area contributed by atoms with Crippen molar-refractivity contribution in [2.45, 2.75) is 68.4 Å². The van der Waals surface area contributed by atoms with E-state index in [4.69, 9.17) is 0 Å². The minimum absolute atomic E-state index is 0. The fourth-order valence-electron chi connectivity index (χ4n) is 1.70. The first-order chi connectivity index (χ1) is 7.61. The summed E-state index contributed by atoms with van der Waals surface area (Å²) in [7, 11) is 0. The maximum Gasteiger partial charge on any atom is 0.00386 e. The molecule has 20 heavy (non-hydrogen) atoms. The van der Waals surface area contributed by atoms with Crippen molar-refractivity contribution >= 4 is 0 Å². The van der Waals surface area contributed by atoms with Crippen molar-refractivity contribution in [1.29, 1.82) is 0 Å². The third-order valence-corrected chi connectivity index (χ3v) is 3.09. The topological polar surface area (TPSA) is 3.24 Å². The molecule has 1 nitrogen and oxygen atoms in total. The Kier molecular flexibility index (Phi) is 22.3. The maximum atomic E-state index is 2.47. The van der Waals surface area contributed by atoms with Gasteiger partial charge >= 0.3 is 0 Å². The molecule has 2 rings (SSSR count). The Balaban J connectivity index is -0.000000109. The summed E-state index contributed by atoms with van der Waals surface area (Å²) in [4.78, 5) is 2.47. The second kappa shape index (κ2) is 15.7. The first kappa shape index (κ1) is 28.4. The Morgan fingerprint density at radius 2 is 1.30 bits per heavy atom. The van der Waals surface area contributed by atoms with Gasteiger partial charge in [0.1, 0.15) is 0 Å². The van der Waals surface area contributed by atoms with Crippen LogP contribution < -0.4 is 0 Å². The molecule has 0 aliphatic carbocycles. The molecule has 0 atom stereocenters. The molecular weight excluding hydrogens is 319 g/mol. The SMILES string of the molecule is C.C.C.CC(C)N1CCC1.CC(C)c1ccccc1.[Y]. The smallest absolute Gasteiger partial charge is 0.00386 e. The summed E-state index contributed by atoms with van der Waals surface area (Å²) in [6, 6.07) is 11.3. The molecule has 1 fully saturated rings. The van der Waals surface area contributed by atoms with Crippen molar-refractivity contribution in [3.05, 3.63) is 35.9 Å². The molecule has 1 heterocycles. The number of nitrogens with zero attached hydrogens (tertiary/aromatic N) is 1. The third kappa shape index (κ3) is 11.0. The minimum atomic E-state index is 0. The molecule has 117 valence electrons. The molecule has 1 aliphatic heterocycles. The summed E-state index contributed by atoms with van der Waals surface area (Å²) < 4.78 is 0. The number of hydrogen-bond acceptors (Lipinski definition) is 1. The van der Waals surface area contributed by atoms with Crippen LogP contribution in [0.5, 0.6) is 0 Å². The van der Waals surface area contributed by atoms with Gasteiger partial charge in [0.15, 0.2) is 0 Å². The molecule has 1 saturated heterocycles. The van der Waals surface area contributed by atoms with Crippen molar-refractivity contribution in [3.8, 4) is 0 Å². The molecule has 2 heteroatoms. The van der Waals surface area contributed by atoms with Crippen LogP contribution in [-0.2, 0) is 32.7 Å². The van der Waals surface area contributed by atoms with Crippen molar-refractivity contribution in [2.24, 2.45) is 0 Å². The van der Waals surface area contributed by atoms with E-state index in [1.54, 1.807) is 0 Å². The largest absolute Gasteiger partial charge is 0.301 e. The Bertz CT molecular complexity index is 279. The average molecular weight is 356 g/mol. The van der Waals surface area contributed by atoms with Gasteiger partial charge in [-0.15, -0.1) is 0 Å². The second-order valence-electron chi connectivity index (χ2n) is 5.05. The van der Waals surface area contributed by atoms with Crippen molar-refractivity contribution in [2.75, 3.05) is 13.1 Å². The molecule has 0 aromatic heterocycles. The number of likely N-dealkylation sites (tertiary alicyclic amines) is 1. The van der Waals surface area contributed by atoms with Gasteiger partial charge in [0.25, 0.3) is 0 Å². The van der Waals surface area contributed by atoms with Gasteiger partial charge < -0.3 is 4.90 Å². The molecular formula is C18H37NY. The van der Waals surface area contributed by atoms with Crippen LogP contribution in [0.15, 0.2) is 30.3 Å². The first-order valence-corrected chi connectivity index (χ1v) is 6.40. The van der Waals surface area contributed by atoms with E-state index >= 15 is 0 Å². The van der Waals surface area contributed by atoms with E-state index in [2.05, 4.69) is 56.9 Å². The molecule has 0 spiro atoms. The quantitative estimate of drug-likeness (QED) is 0.646.